The first-order chi connectivity index (χ1) is 14.8. The zero-order valence-electron chi connectivity index (χ0n) is 20.6. The minimum atomic E-state index is -0.562. The van der Waals surface area contributed by atoms with E-state index in [1.807, 2.05) is 0 Å². The van der Waals surface area contributed by atoms with Crippen LogP contribution in [0.4, 0.5) is 0 Å². The fourth-order valence-electron chi connectivity index (χ4n) is 9.79. The SMILES string of the molecule is CC(=O)O[C@@H]1CC2[C@]3(C)CCC4C(C)(C)CCC[C@]4(C)C3C[C@@H](O)[C@]2(C)[C@H]2OC(=O)C=C12. The molecule has 1 aliphatic heterocycles. The van der Waals surface area contributed by atoms with E-state index in [0.717, 1.165) is 18.4 Å². The highest BCUT2D eigenvalue weighted by molar-refractivity contribution is 5.86. The van der Waals surface area contributed by atoms with E-state index in [4.69, 9.17) is 9.47 Å². The lowest BCUT2D eigenvalue weighted by molar-refractivity contribution is -0.254. The Balaban J connectivity index is 1.59. The van der Waals surface area contributed by atoms with E-state index < -0.39 is 23.7 Å². The van der Waals surface area contributed by atoms with Crippen LogP contribution in [0, 0.1) is 39.4 Å². The van der Waals surface area contributed by atoms with Gasteiger partial charge in [-0.15, -0.1) is 0 Å². The normalized spacial score (nSPS) is 51.3. The number of fused-ring (bicyclic) bond motifs is 7. The van der Waals surface area contributed by atoms with Gasteiger partial charge in [-0.2, -0.15) is 0 Å². The molecule has 0 aromatic rings. The summed E-state index contributed by atoms with van der Waals surface area (Å²) in [6.07, 6.45) is 7.45. The molecule has 5 rings (SSSR count). The topological polar surface area (TPSA) is 72.8 Å². The van der Waals surface area contributed by atoms with Crippen molar-refractivity contribution in [2.75, 3.05) is 0 Å². The van der Waals surface area contributed by atoms with E-state index >= 15 is 0 Å². The third-order valence-electron chi connectivity index (χ3n) is 11.1. The summed E-state index contributed by atoms with van der Waals surface area (Å²) in [6.45, 7) is 13.3. The molecule has 0 aromatic heterocycles. The molecule has 0 aromatic carbocycles. The molecule has 1 heterocycles. The monoisotopic (exact) mass is 444 g/mol. The van der Waals surface area contributed by atoms with Crippen LogP contribution >= 0.6 is 0 Å². The lowest BCUT2D eigenvalue weighted by Gasteiger charge is -2.70. The van der Waals surface area contributed by atoms with E-state index in [0.29, 0.717) is 23.7 Å². The molecular weight excluding hydrogens is 404 g/mol. The fraction of sp³-hybridized carbons (Fsp3) is 0.852. The quantitative estimate of drug-likeness (QED) is 0.588. The van der Waals surface area contributed by atoms with Crippen LogP contribution in [0.5, 0.6) is 0 Å². The first-order valence-corrected chi connectivity index (χ1v) is 12.6. The zero-order chi connectivity index (χ0) is 23.3. The van der Waals surface area contributed by atoms with Gasteiger partial charge in [0.25, 0.3) is 0 Å². The summed E-state index contributed by atoms with van der Waals surface area (Å²) < 4.78 is 11.6. The number of rotatable bonds is 1. The maximum absolute atomic E-state index is 12.3. The summed E-state index contributed by atoms with van der Waals surface area (Å²) in [6, 6.07) is 0. The van der Waals surface area contributed by atoms with Crippen LogP contribution in [0.3, 0.4) is 0 Å². The second-order valence-electron chi connectivity index (χ2n) is 13.0. The van der Waals surface area contributed by atoms with Gasteiger partial charge in [-0.3, -0.25) is 4.79 Å². The average Bonchev–Trinajstić information content (AvgIpc) is 3.08. The van der Waals surface area contributed by atoms with Crippen molar-refractivity contribution in [2.24, 2.45) is 39.4 Å². The summed E-state index contributed by atoms with van der Waals surface area (Å²) in [5.41, 5.74) is 0.697. The molecule has 5 heteroatoms. The highest BCUT2D eigenvalue weighted by Crippen LogP contribution is 2.73. The predicted octanol–water partition coefficient (Wildman–Crippen LogP) is 4.81. The molecule has 5 nitrogen and oxygen atoms in total. The van der Waals surface area contributed by atoms with Crippen molar-refractivity contribution in [3.63, 3.8) is 0 Å². The molecule has 5 aliphatic rings. The number of carbonyl (C=O) groups is 2. The largest absolute Gasteiger partial charge is 0.458 e. The van der Waals surface area contributed by atoms with Gasteiger partial charge in [-0.25, -0.2) is 4.79 Å². The van der Waals surface area contributed by atoms with Gasteiger partial charge in [0, 0.05) is 24.0 Å². The second-order valence-corrected chi connectivity index (χ2v) is 13.0. The summed E-state index contributed by atoms with van der Waals surface area (Å²) in [5.74, 6) is 0.463. The molecule has 4 fully saturated rings. The Morgan fingerprint density at radius 3 is 2.41 bits per heavy atom. The molecule has 3 unspecified atom stereocenters. The number of aliphatic hydroxyl groups is 1. The van der Waals surface area contributed by atoms with Gasteiger partial charge in [-0.1, -0.05) is 41.0 Å². The number of carbonyl (C=O) groups excluding carboxylic acids is 2. The van der Waals surface area contributed by atoms with Gasteiger partial charge < -0.3 is 14.6 Å². The summed E-state index contributed by atoms with van der Waals surface area (Å²) in [7, 11) is 0. The van der Waals surface area contributed by atoms with Gasteiger partial charge in [0.15, 0.2) is 0 Å². The number of hydrogen-bond acceptors (Lipinski definition) is 5. The van der Waals surface area contributed by atoms with Crippen LogP contribution in [0.1, 0.15) is 86.5 Å². The van der Waals surface area contributed by atoms with Crippen LogP contribution < -0.4 is 0 Å². The van der Waals surface area contributed by atoms with Crippen molar-refractivity contribution in [2.45, 2.75) is 105 Å². The second kappa shape index (κ2) is 6.84. The van der Waals surface area contributed by atoms with Crippen LogP contribution in [0.2, 0.25) is 0 Å². The van der Waals surface area contributed by atoms with Gasteiger partial charge in [0.1, 0.15) is 12.2 Å². The minimum absolute atomic E-state index is 0.00553. The fourth-order valence-corrected chi connectivity index (χ4v) is 9.79. The van der Waals surface area contributed by atoms with E-state index in [9.17, 15) is 14.7 Å². The Morgan fingerprint density at radius 1 is 1.03 bits per heavy atom. The Morgan fingerprint density at radius 2 is 1.72 bits per heavy atom. The van der Waals surface area contributed by atoms with Gasteiger partial charge in [0.2, 0.25) is 0 Å². The summed E-state index contributed by atoms with van der Waals surface area (Å²) >= 11 is 0. The van der Waals surface area contributed by atoms with Crippen LogP contribution in [0.25, 0.3) is 0 Å². The standard InChI is InChI=1S/C27H40O5/c1-15(28)31-17-13-20-26(5)11-8-18-24(2,3)9-7-10-25(18,4)19(26)14-21(29)27(20,6)23-16(17)12-22(30)32-23/h12,17-21,23,29H,7-11,13-14H2,1-6H3/t17-,18?,19?,20?,21-,23+,25+,26-,27-/m1/s1. The Labute approximate surface area is 192 Å². The van der Waals surface area contributed by atoms with E-state index in [2.05, 4.69) is 34.6 Å². The van der Waals surface area contributed by atoms with Gasteiger partial charge >= 0.3 is 11.9 Å². The van der Waals surface area contributed by atoms with Crippen molar-refractivity contribution in [1.29, 1.82) is 0 Å². The Bertz CT molecular complexity index is 875. The molecule has 1 N–H and O–H groups in total. The van der Waals surface area contributed by atoms with Crippen molar-refractivity contribution >= 4 is 11.9 Å². The van der Waals surface area contributed by atoms with E-state index in [1.165, 1.54) is 38.7 Å². The predicted molar refractivity (Wildman–Crippen MR) is 120 cm³/mol. The molecule has 4 saturated carbocycles. The van der Waals surface area contributed by atoms with E-state index in [1.54, 1.807) is 0 Å². The molecule has 0 spiro atoms. The maximum Gasteiger partial charge on any atom is 0.331 e. The van der Waals surface area contributed by atoms with E-state index in [-0.39, 0.29) is 28.7 Å². The molecule has 32 heavy (non-hydrogen) atoms. The number of esters is 2. The number of hydrogen-bond donors (Lipinski definition) is 1. The van der Waals surface area contributed by atoms with Crippen molar-refractivity contribution in [3.05, 3.63) is 11.6 Å². The third-order valence-corrected chi connectivity index (χ3v) is 11.1. The minimum Gasteiger partial charge on any atom is -0.458 e. The molecule has 178 valence electrons. The summed E-state index contributed by atoms with van der Waals surface area (Å²) in [5, 5.41) is 11.7. The molecule has 0 bridgehead atoms. The Hall–Kier alpha value is -1.36. The number of aliphatic hydroxyl groups excluding tert-OH is 1. The molecule has 0 saturated heterocycles. The maximum atomic E-state index is 12.3. The van der Waals surface area contributed by atoms with Gasteiger partial charge in [-0.05, 0) is 72.5 Å². The van der Waals surface area contributed by atoms with Crippen molar-refractivity contribution in [1.82, 2.24) is 0 Å². The van der Waals surface area contributed by atoms with Crippen LogP contribution in [-0.2, 0) is 19.1 Å². The summed E-state index contributed by atoms with van der Waals surface area (Å²) in [4.78, 5) is 24.3. The molecular formula is C27H40O5. The van der Waals surface area contributed by atoms with Crippen LogP contribution in [0.15, 0.2) is 11.6 Å². The molecule has 0 radical (unpaired) electrons. The zero-order valence-corrected chi connectivity index (χ0v) is 20.6. The molecule has 9 atom stereocenters. The highest BCUT2D eigenvalue weighted by atomic mass is 16.6. The lowest BCUT2D eigenvalue weighted by Crippen LogP contribution is -2.69. The highest BCUT2D eigenvalue weighted by Gasteiger charge is 2.70. The molecule has 4 aliphatic carbocycles. The number of ether oxygens (including phenoxy) is 2. The first-order valence-electron chi connectivity index (χ1n) is 12.6. The first kappa shape index (κ1) is 22.4. The third kappa shape index (κ3) is 2.78. The average molecular weight is 445 g/mol. The van der Waals surface area contributed by atoms with Crippen LogP contribution in [-0.4, -0.2) is 35.4 Å². The Kier molecular flexibility index (Phi) is 4.79. The molecule has 0 amide bonds. The smallest absolute Gasteiger partial charge is 0.331 e. The van der Waals surface area contributed by atoms with Crippen molar-refractivity contribution < 1.29 is 24.2 Å². The lowest BCUT2D eigenvalue weighted by atomic mass is 9.35. The van der Waals surface area contributed by atoms with Crippen molar-refractivity contribution in [3.8, 4) is 0 Å². The van der Waals surface area contributed by atoms with Gasteiger partial charge in [0.05, 0.1) is 6.10 Å².